The fourth-order valence-corrected chi connectivity index (χ4v) is 3.27. The van der Waals surface area contributed by atoms with Crippen LogP contribution in [0, 0.1) is 0 Å². The van der Waals surface area contributed by atoms with E-state index in [1.54, 1.807) is 0 Å². The highest BCUT2D eigenvalue weighted by atomic mass is 16.3. The summed E-state index contributed by atoms with van der Waals surface area (Å²) >= 11 is 0. The lowest BCUT2D eigenvalue weighted by Crippen LogP contribution is -2.43. The molecule has 0 bridgehead atoms. The van der Waals surface area contributed by atoms with Gasteiger partial charge in [0.2, 0.25) is 5.91 Å². The van der Waals surface area contributed by atoms with Gasteiger partial charge in [0.1, 0.15) is 0 Å². The third kappa shape index (κ3) is 5.38. The lowest BCUT2D eigenvalue weighted by molar-refractivity contribution is -0.123. The number of carbonyl (C=O) groups excluding carboxylic acids is 1. The number of nitrogens with zero attached hydrogens (tertiary/aromatic N) is 2. The Hall–Kier alpha value is -0.650. The molecular weight excluding hydrogens is 254 g/mol. The van der Waals surface area contributed by atoms with Gasteiger partial charge in [0.15, 0.2) is 0 Å². The predicted molar refractivity (Wildman–Crippen MR) is 79.6 cm³/mol. The van der Waals surface area contributed by atoms with Crippen LogP contribution in [-0.2, 0) is 4.79 Å². The molecule has 0 aromatic carbocycles. The van der Waals surface area contributed by atoms with Crippen molar-refractivity contribution in [3.8, 4) is 0 Å². The maximum atomic E-state index is 12.1. The zero-order valence-electron chi connectivity index (χ0n) is 12.5. The molecule has 0 aromatic rings. The van der Waals surface area contributed by atoms with E-state index < -0.39 is 0 Å². The summed E-state index contributed by atoms with van der Waals surface area (Å²) in [6, 6.07) is 0.411. The Labute approximate surface area is 122 Å². The number of nitrogens with one attached hydrogen (secondary N) is 1. The van der Waals surface area contributed by atoms with Crippen molar-refractivity contribution in [3.05, 3.63) is 0 Å². The summed E-state index contributed by atoms with van der Waals surface area (Å²) in [5.74, 6) is 0.188. The Morgan fingerprint density at radius 2 is 1.70 bits per heavy atom. The van der Waals surface area contributed by atoms with Gasteiger partial charge >= 0.3 is 0 Å². The first kappa shape index (κ1) is 15.7. The summed E-state index contributed by atoms with van der Waals surface area (Å²) in [6.07, 6.45) is 7.21. The molecule has 116 valence electrons. The van der Waals surface area contributed by atoms with E-state index in [4.69, 9.17) is 5.11 Å². The zero-order chi connectivity index (χ0) is 14.2. The Bertz CT molecular complexity index is 293. The van der Waals surface area contributed by atoms with Crippen LogP contribution in [0.2, 0.25) is 0 Å². The van der Waals surface area contributed by atoms with Gasteiger partial charge < -0.3 is 10.4 Å². The molecule has 1 heterocycles. The summed E-state index contributed by atoms with van der Waals surface area (Å²) < 4.78 is 0. The highest BCUT2D eigenvalue weighted by Gasteiger charge is 2.19. The summed E-state index contributed by atoms with van der Waals surface area (Å²) in [5, 5.41) is 12.2. The molecule has 2 rings (SSSR count). The molecule has 1 saturated carbocycles. The van der Waals surface area contributed by atoms with Crippen molar-refractivity contribution in [2.45, 2.75) is 44.6 Å². The lowest BCUT2D eigenvalue weighted by Gasteiger charge is -2.25. The predicted octanol–water partition coefficient (Wildman–Crippen LogP) is 0.435. The number of aliphatic hydroxyl groups excluding tert-OH is 1. The minimum absolute atomic E-state index is 0.188. The second-order valence-electron chi connectivity index (χ2n) is 6.10. The van der Waals surface area contributed by atoms with Gasteiger partial charge in [0.05, 0.1) is 13.2 Å². The Morgan fingerprint density at radius 3 is 2.45 bits per heavy atom. The summed E-state index contributed by atoms with van der Waals surface area (Å²) in [6.45, 7) is 5.41. The fraction of sp³-hybridized carbons (Fsp3) is 0.933. The first-order valence-electron chi connectivity index (χ1n) is 8.13. The van der Waals surface area contributed by atoms with Crippen LogP contribution < -0.4 is 5.32 Å². The third-order valence-corrected chi connectivity index (χ3v) is 4.43. The van der Waals surface area contributed by atoms with E-state index in [-0.39, 0.29) is 12.5 Å². The average Bonchev–Trinajstić information content (AvgIpc) is 2.66. The summed E-state index contributed by atoms with van der Waals surface area (Å²) in [4.78, 5) is 16.6. The van der Waals surface area contributed by atoms with Gasteiger partial charge in [-0.1, -0.05) is 19.3 Å². The number of hydrogen-bond donors (Lipinski definition) is 2. The Morgan fingerprint density at radius 1 is 1.00 bits per heavy atom. The second kappa shape index (κ2) is 8.60. The van der Waals surface area contributed by atoms with Gasteiger partial charge in [0.25, 0.3) is 0 Å². The van der Waals surface area contributed by atoms with Crippen molar-refractivity contribution in [1.29, 1.82) is 0 Å². The van der Waals surface area contributed by atoms with Gasteiger partial charge in [-0.15, -0.1) is 0 Å². The first-order chi connectivity index (χ1) is 9.78. The molecule has 2 fully saturated rings. The maximum absolute atomic E-state index is 12.1. The van der Waals surface area contributed by atoms with Crippen LogP contribution >= 0.6 is 0 Å². The van der Waals surface area contributed by atoms with Crippen molar-refractivity contribution in [2.24, 2.45) is 0 Å². The Balaban J connectivity index is 1.68. The largest absolute Gasteiger partial charge is 0.395 e. The van der Waals surface area contributed by atoms with Crippen LogP contribution in [0.5, 0.6) is 0 Å². The van der Waals surface area contributed by atoms with Crippen LogP contribution in [0.3, 0.4) is 0 Å². The molecule has 1 saturated heterocycles. The number of carbonyl (C=O) groups is 1. The molecular formula is C15H29N3O2. The van der Waals surface area contributed by atoms with E-state index >= 15 is 0 Å². The SMILES string of the molecule is O=C(CN1CCCN(CCO)CC1)NC1CCCCC1. The van der Waals surface area contributed by atoms with E-state index in [9.17, 15) is 4.79 Å². The van der Waals surface area contributed by atoms with E-state index in [0.29, 0.717) is 12.6 Å². The molecule has 2 aliphatic rings. The molecule has 0 unspecified atom stereocenters. The smallest absolute Gasteiger partial charge is 0.234 e. The normalized spacial score (nSPS) is 23.4. The molecule has 0 aromatic heterocycles. The topological polar surface area (TPSA) is 55.8 Å². The van der Waals surface area contributed by atoms with E-state index in [1.165, 1.54) is 19.3 Å². The molecule has 0 spiro atoms. The monoisotopic (exact) mass is 283 g/mol. The highest BCUT2D eigenvalue weighted by Crippen LogP contribution is 2.17. The van der Waals surface area contributed by atoms with Crippen molar-refractivity contribution >= 4 is 5.91 Å². The van der Waals surface area contributed by atoms with Crippen LogP contribution in [0.1, 0.15) is 38.5 Å². The molecule has 20 heavy (non-hydrogen) atoms. The molecule has 0 atom stereocenters. The molecule has 2 N–H and O–H groups in total. The van der Waals surface area contributed by atoms with Crippen molar-refractivity contribution in [1.82, 2.24) is 15.1 Å². The van der Waals surface area contributed by atoms with Crippen LogP contribution in [0.15, 0.2) is 0 Å². The van der Waals surface area contributed by atoms with Crippen LogP contribution in [0.25, 0.3) is 0 Å². The third-order valence-electron chi connectivity index (χ3n) is 4.43. The van der Waals surface area contributed by atoms with Crippen molar-refractivity contribution in [3.63, 3.8) is 0 Å². The average molecular weight is 283 g/mol. The number of hydrogen-bond acceptors (Lipinski definition) is 4. The summed E-state index contributed by atoms with van der Waals surface area (Å²) in [7, 11) is 0. The van der Waals surface area contributed by atoms with Crippen molar-refractivity contribution in [2.75, 3.05) is 45.9 Å². The molecule has 5 nitrogen and oxygen atoms in total. The molecule has 5 heteroatoms. The number of rotatable bonds is 5. The Kier molecular flexibility index (Phi) is 6.76. The van der Waals surface area contributed by atoms with E-state index in [1.807, 2.05) is 0 Å². The summed E-state index contributed by atoms with van der Waals surface area (Å²) in [5.41, 5.74) is 0. The maximum Gasteiger partial charge on any atom is 0.234 e. The number of aliphatic hydroxyl groups is 1. The zero-order valence-corrected chi connectivity index (χ0v) is 12.5. The van der Waals surface area contributed by atoms with Gasteiger partial charge in [0, 0.05) is 25.7 Å². The quantitative estimate of drug-likeness (QED) is 0.768. The molecule has 0 radical (unpaired) electrons. The van der Waals surface area contributed by atoms with Crippen molar-refractivity contribution < 1.29 is 9.90 Å². The molecule has 1 aliphatic carbocycles. The number of amides is 1. The minimum Gasteiger partial charge on any atom is -0.395 e. The minimum atomic E-state index is 0.188. The van der Waals surface area contributed by atoms with Crippen LogP contribution in [-0.4, -0.2) is 72.7 Å². The second-order valence-corrected chi connectivity index (χ2v) is 6.10. The molecule has 1 aliphatic heterocycles. The van der Waals surface area contributed by atoms with Gasteiger partial charge in [-0.25, -0.2) is 0 Å². The number of β-amino-alcohol motifs (C(OH)–C–C–N with tert-alkyl or cyclic N) is 1. The van der Waals surface area contributed by atoms with Gasteiger partial charge in [-0.05, 0) is 32.4 Å². The standard InChI is InChI=1S/C15H29N3O2/c19-12-11-17-7-4-8-18(10-9-17)13-15(20)16-14-5-2-1-3-6-14/h14,19H,1-13H2,(H,16,20). The lowest BCUT2D eigenvalue weighted by atomic mass is 9.95. The fourth-order valence-electron chi connectivity index (χ4n) is 3.27. The van der Waals surface area contributed by atoms with E-state index in [0.717, 1.165) is 52.0 Å². The molecule has 1 amide bonds. The van der Waals surface area contributed by atoms with E-state index in [2.05, 4.69) is 15.1 Å². The van der Waals surface area contributed by atoms with Gasteiger partial charge in [-0.2, -0.15) is 0 Å². The van der Waals surface area contributed by atoms with Gasteiger partial charge in [-0.3, -0.25) is 14.6 Å². The first-order valence-corrected chi connectivity index (χ1v) is 8.13. The van der Waals surface area contributed by atoms with Crippen LogP contribution in [0.4, 0.5) is 0 Å². The highest BCUT2D eigenvalue weighted by molar-refractivity contribution is 5.78.